The van der Waals surface area contributed by atoms with Gasteiger partial charge in [0.2, 0.25) is 0 Å². The molecule has 3 heterocycles. The Hall–Kier alpha value is -3.35. The van der Waals surface area contributed by atoms with E-state index in [9.17, 15) is 9.90 Å². The Morgan fingerprint density at radius 2 is 1.94 bits per heavy atom. The number of aliphatic hydroxyl groups excluding tert-OH is 1. The monoisotopic (exact) mass is 428 g/mol. The third-order valence-corrected chi connectivity index (χ3v) is 6.95. The normalized spacial score (nSPS) is 18.7. The topological polar surface area (TPSA) is 85.8 Å². The van der Waals surface area contributed by atoms with E-state index in [-0.39, 0.29) is 11.7 Å². The minimum absolute atomic E-state index is 0.128. The Morgan fingerprint density at radius 3 is 2.75 bits per heavy atom. The summed E-state index contributed by atoms with van der Waals surface area (Å²) in [4.78, 5) is 18.6. The maximum absolute atomic E-state index is 12.4. The van der Waals surface area contributed by atoms with Crippen LogP contribution in [-0.4, -0.2) is 32.2 Å². The minimum Gasteiger partial charge on any atom is -0.387 e. The average Bonchev–Trinajstić information content (AvgIpc) is 3.35. The zero-order valence-corrected chi connectivity index (χ0v) is 18.0. The number of aromatic nitrogens is 3. The Labute approximate surface area is 186 Å². The lowest BCUT2D eigenvalue weighted by molar-refractivity contribution is 0.125. The number of imidazole rings is 1. The van der Waals surface area contributed by atoms with E-state index in [1.54, 1.807) is 4.57 Å². The first kappa shape index (κ1) is 20.5. The molecule has 2 aromatic carbocycles. The summed E-state index contributed by atoms with van der Waals surface area (Å²) >= 11 is 0. The van der Waals surface area contributed by atoms with Gasteiger partial charge >= 0.3 is 5.69 Å². The largest absolute Gasteiger partial charge is 0.387 e. The zero-order chi connectivity index (χ0) is 22.3. The molecule has 0 aliphatic carbocycles. The second kappa shape index (κ2) is 7.97. The highest BCUT2D eigenvalue weighted by Crippen LogP contribution is 2.36. The summed E-state index contributed by atoms with van der Waals surface area (Å²) < 4.78 is 1.74. The molecule has 2 atom stereocenters. The molecule has 0 spiro atoms. The SMILES string of the molecule is C=CC(C=C)(CCN[C@@H]1CCn2c(=O)[nH]c3cccc(c32)[C@H]1O)c1c[nH]c2ccccc12. The van der Waals surface area contributed by atoms with Crippen LogP contribution in [0.5, 0.6) is 0 Å². The van der Waals surface area contributed by atoms with Gasteiger partial charge in [0, 0.05) is 40.7 Å². The van der Waals surface area contributed by atoms with Crippen LogP contribution in [0.3, 0.4) is 0 Å². The van der Waals surface area contributed by atoms with Crippen LogP contribution in [0.25, 0.3) is 21.9 Å². The minimum atomic E-state index is -0.697. The first-order chi connectivity index (χ1) is 15.6. The van der Waals surface area contributed by atoms with Gasteiger partial charge in [-0.1, -0.05) is 42.5 Å². The van der Waals surface area contributed by atoms with Gasteiger partial charge in [0.15, 0.2) is 0 Å². The lowest BCUT2D eigenvalue weighted by atomic mass is 9.77. The molecule has 0 bridgehead atoms. The second-order valence-corrected chi connectivity index (χ2v) is 8.57. The van der Waals surface area contributed by atoms with E-state index >= 15 is 0 Å². The molecule has 4 aromatic rings. The molecule has 0 saturated heterocycles. The van der Waals surface area contributed by atoms with Gasteiger partial charge in [-0.05, 0) is 37.1 Å². The number of nitrogens with zero attached hydrogens (tertiary/aromatic N) is 1. The number of aryl methyl sites for hydroxylation is 1. The van der Waals surface area contributed by atoms with Crippen LogP contribution in [0.4, 0.5) is 0 Å². The van der Waals surface area contributed by atoms with Crippen LogP contribution in [0, 0.1) is 0 Å². The van der Waals surface area contributed by atoms with Crippen LogP contribution < -0.4 is 11.0 Å². The maximum atomic E-state index is 12.4. The van der Waals surface area contributed by atoms with E-state index < -0.39 is 11.5 Å². The highest BCUT2D eigenvalue weighted by molar-refractivity contribution is 5.85. The fourth-order valence-corrected chi connectivity index (χ4v) is 5.12. The van der Waals surface area contributed by atoms with Crippen LogP contribution in [-0.2, 0) is 12.0 Å². The highest BCUT2D eigenvalue weighted by Gasteiger charge is 2.31. The summed E-state index contributed by atoms with van der Waals surface area (Å²) in [6.45, 7) is 9.45. The summed E-state index contributed by atoms with van der Waals surface area (Å²) in [5.74, 6) is 0. The van der Waals surface area contributed by atoms with Crippen molar-refractivity contribution in [2.45, 2.75) is 36.9 Å². The number of allylic oxidation sites excluding steroid dienone is 2. The lowest BCUT2D eigenvalue weighted by Crippen LogP contribution is -2.38. The molecule has 5 rings (SSSR count). The molecule has 6 heteroatoms. The number of hydrogen-bond acceptors (Lipinski definition) is 3. The molecule has 2 aromatic heterocycles. The molecule has 6 nitrogen and oxygen atoms in total. The van der Waals surface area contributed by atoms with Crippen molar-refractivity contribution in [1.29, 1.82) is 0 Å². The molecule has 4 N–H and O–H groups in total. The summed E-state index contributed by atoms with van der Waals surface area (Å²) in [7, 11) is 0. The molecular formula is C26H28N4O2. The Kier molecular flexibility index (Phi) is 5.12. The third-order valence-electron chi connectivity index (χ3n) is 6.95. The molecule has 0 amide bonds. The first-order valence-electron chi connectivity index (χ1n) is 11.0. The zero-order valence-electron chi connectivity index (χ0n) is 18.0. The molecule has 0 saturated carbocycles. The van der Waals surface area contributed by atoms with Crippen molar-refractivity contribution in [3.63, 3.8) is 0 Å². The van der Waals surface area contributed by atoms with Gasteiger partial charge in [0.1, 0.15) is 0 Å². The van der Waals surface area contributed by atoms with Crippen molar-refractivity contribution < 1.29 is 5.11 Å². The fourth-order valence-electron chi connectivity index (χ4n) is 5.12. The molecule has 164 valence electrons. The van der Waals surface area contributed by atoms with Crippen LogP contribution >= 0.6 is 0 Å². The summed E-state index contributed by atoms with van der Waals surface area (Å²) in [6.07, 6.45) is 6.65. The molecule has 32 heavy (non-hydrogen) atoms. The van der Waals surface area contributed by atoms with E-state index in [0.29, 0.717) is 19.5 Å². The van der Waals surface area contributed by atoms with Gasteiger partial charge in [-0.25, -0.2) is 4.79 Å². The number of para-hydroxylation sites is 2. The Morgan fingerprint density at radius 1 is 1.16 bits per heavy atom. The van der Waals surface area contributed by atoms with E-state index in [1.807, 2.05) is 48.7 Å². The predicted octanol–water partition coefficient (Wildman–Crippen LogP) is 3.91. The van der Waals surface area contributed by atoms with E-state index in [4.69, 9.17) is 0 Å². The quantitative estimate of drug-likeness (QED) is 0.337. The summed E-state index contributed by atoms with van der Waals surface area (Å²) in [6, 6.07) is 13.7. The van der Waals surface area contributed by atoms with Crippen molar-refractivity contribution in [3.8, 4) is 0 Å². The highest BCUT2D eigenvalue weighted by atomic mass is 16.3. The standard InChI is InChI=1S/C26H28N4O2/c1-3-26(4-2,19-16-28-20-10-6-5-8-17(19)20)13-14-27-22-12-15-30-23-18(24(22)31)9-7-11-21(23)29-25(30)32/h3-11,16,22,24,27-28,31H,1-2,12-15H2,(H,29,32)/t22-,24-/m1/s1. The van der Waals surface area contributed by atoms with Gasteiger partial charge in [0.05, 0.1) is 17.1 Å². The fraction of sp³-hybridized carbons (Fsp3) is 0.269. The molecule has 0 fully saturated rings. The molecule has 0 unspecified atom stereocenters. The second-order valence-electron chi connectivity index (χ2n) is 8.57. The Balaban J connectivity index is 1.38. The van der Waals surface area contributed by atoms with Crippen molar-refractivity contribution in [3.05, 3.63) is 95.6 Å². The third kappa shape index (κ3) is 3.15. The molecule has 1 aliphatic heterocycles. The number of hydrogen-bond donors (Lipinski definition) is 4. The molecule has 1 aliphatic rings. The number of nitrogens with one attached hydrogen (secondary N) is 3. The lowest BCUT2D eigenvalue weighted by Gasteiger charge is -2.29. The number of aromatic amines is 2. The number of aliphatic hydroxyl groups is 1. The van der Waals surface area contributed by atoms with Gasteiger partial charge in [-0.15, -0.1) is 13.2 Å². The van der Waals surface area contributed by atoms with Crippen molar-refractivity contribution >= 4 is 21.9 Å². The van der Waals surface area contributed by atoms with E-state index in [0.717, 1.165) is 39.5 Å². The molecular weight excluding hydrogens is 400 g/mol. The summed E-state index contributed by atoms with van der Waals surface area (Å²) in [5.41, 5.74) is 4.06. The maximum Gasteiger partial charge on any atom is 0.326 e. The molecule has 0 radical (unpaired) electrons. The number of H-pyrrole nitrogens is 2. The van der Waals surface area contributed by atoms with Crippen LogP contribution in [0.15, 0.2) is 78.8 Å². The predicted molar refractivity (Wildman–Crippen MR) is 129 cm³/mol. The smallest absolute Gasteiger partial charge is 0.326 e. The van der Waals surface area contributed by atoms with Gasteiger partial charge in [-0.3, -0.25) is 4.57 Å². The number of rotatable bonds is 7. The van der Waals surface area contributed by atoms with Crippen molar-refractivity contribution in [2.75, 3.05) is 6.54 Å². The number of fused-ring (bicyclic) bond motifs is 1. The Bertz CT molecular complexity index is 1350. The van der Waals surface area contributed by atoms with Gasteiger partial charge in [0.25, 0.3) is 0 Å². The van der Waals surface area contributed by atoms with Crippen molar-refractivity contribution in [2.24, 2.45) is 0 Å². The van der Waals surface area contributed by atoms with Crippen LogP contribution in [0.2, 0.25) is 0 Å². The van der Waals surface area contributed by atoms with E-state index in [2.05, 4.69) is 40.6 Å². The van der Waals surface area contributed by atoms with E-state index in [1.165, 1.54) is 0 Å². The average molecular weight is 429 g/mol. The van der Waals surface area contributed by atoms with Gasteiger partial charge in [-0.2, -0.15) is 0 Å². The summed E-state index contributed by atoms with van der Waals surface area (Å²) in [5, 5.41) is 15.9. The number of benzene rings is 2. The van der Waals surface area contributed by atoms with Crippen LogP contribution in [0.1, 0.15) is 30.1 Å². The van der Waals surface area contributed by atoms with Crippen molar-refractivity contribution in [1.82, 2.24) is 19.9 Å². The van der Waals surface area contributed by atoms with Gasteiger partial charge < -0.3 is 20.4 Å². The first-order valence-corrected chi connectivity index (χ1v) is 11.0.